The standard InChI is InChI=1S/C21H27N5O2/c1-14(2)28-19-6-4-3-5-15(19)12-23-21-24-13-16(11-22)20(26-21)25-17-7-9-18(27)10-8-17/h3-6,13-14,17-18,27H,7-10,12H2,1-2H3,(H2,23,24,25,26). The number of ether oxygens (including phenoxy) is 1. The molecule has 7 nitrogen and oxygen atoms in total. The third-order valence-electron chi connectivity index (χ3n) is 4.72. The van der Waals surface area contributed by atoms with E-state index in [4.69, 9.17) is 4.74 Å². The third kappa shape index (κ3) is 5.33. The van der Waals surface area contributed by atoms with Crippen molar-refractivity contribution in [3.8, 4) is 11.8 Å². The molecule has 2 aromatic rings. The maximum atomic E-state index is 9.67. The van der Waals surface area contributed by atoms with Gasteiger partial charge in [-0.2, -0.15) is 10.2 Å². The van der Waals surface area contributed by atoms with Crippen molar-refractivity contribution in [3.05, 3.63) is 41.6 Å². The first kappa shape index (κ1) is 19.9. The van der Waals surface area contributed by atoms with Gasteiger partial charge in [-0.1, -0.05) is 18.2 Å². The van der Waals surface area contributed by atoms with Gasteiger partial charge in [0.25, 0.3) is 0 Å². The zero-order valence-corrected chi connectivity index (χ0v) is 16.4. The minimum absolute atomic E-state index is 0.0946. The van der Waals surface area contributed by atoms with E-state index in [1.807, 2.05) is 38.1 Å². The van der Waals surface area contributed by atoms with E-state index >= 15 is 0 Å². The Morgan fingerprint density at radius 2 is 2.00 bits per heavy atom. The van der Waals surface area contributed by atoms with Crippen LogP contribution in [0.15, 0.2) is 30.5 Å². The van der Waals surface area contributed by atoms with Gasteiger partial charge in [-0.25, -0.2) is 4.98 Å². The van der Waals surface area contributed by atoms with Crippen LogP contribution >= 0.6 is 0 Å². The number of hydrogen-bond donors (Lipinski definition) is 3. The highest BCUT2D eigenvalue weighted by molar-refractivity contribution is 5.54. The summed E-state index contributed by atoms with van der Waals surface area (Å²) in [4.78, 5) is 8.76. The monoisotopic (exact) mass is 381 g/mol. The molecule has 1 aliphatic rings. The SMILES string of the molecule is CC(C)Oc1ccccc1CNc1ncc(C#N)c(NC2CCC(O)CC2)n1. The zero-order valence-electron chi connectivity index (χ0n) is 16.4. The van der Waals surface area contributed by atoms with Crippen molar-refractivity contribution in [2.24, 2.45) is 0 Å². The first-order chi connectivity index (χ1) is 13.5. The van der Waals surface area contributed by atoms with Gasteiger partial charge in [0.1, 0.15) is 23.2 Å². The smallest absolute Gasteiger partial charge is 0.224 e. The van der Waals surface area contributed by atoms with Crippen LogP contribution in [-0.2, 0) is 6.54 Å². The molecule has 1 aliphatic carbocycles. The fourth-order valence-electron chi connectivity index (χ4n) is 3.27. The molecule has 7 heteroatoms. The third-order valence-corrected chi connectivity index (χ3v) is 4.72. The van der Waals surface area contributed by atoms with Crippen molar-refractivity contribution >= 4 is 11.8 Å². The van der Waals surface area contributed by atoms with Crippen LogP contribution in [-0.4, -0.2) is 33.3 Å². The van der Waals surface area contributed by atoms with Crippen molar-refractivity contribution in [2.75, 3.05) is 10.6 Å². The number of nitriles is 1. The van der Waals surface area contributed by atoms with Gasteiger partial charge >= 0.3 is 0 Å². The number of nitrogens with zero attached hydrogens (tertiary/aromatic N) is 3. The summed E-state index contributed by atoms with van der Waals surface area (Å²) >= 11 is 0. The average Bonchev–Trinajstić information content (AvgIpc) is 2.69. The number of anilines is 2. The van der Waals surface area contributed by atoms with Gasteiger partial charge in [0, 0.05) is 18.2 Å². The molecule has 0 spiro atoms. The highest BCUT2D eigenvalue weighted by Crippen LogP contribution is 2.24. The predicted molar refractivity (Wildman–Crippen MR) is 108 cm³/mol. The molecule has 0 bridgehead atoms. The highest BCUT2D eigenvalue weighted by Gasteiger charge is 2.21. The van der Waals surface area contributed by atoms with Gasteiger partial charge in [-0.3, -0.25) is 0 Å². The van der Waals surface area contributed by atoms with Crippen molar-refractivity contribution in [1.82, 2.24) is 9.97 Å². The van der Waals surface area contributed by atoms with Crippen molar-refractivity contribution in [3.63, 3.8) is 0 Å². The Labute approximate surface area is 165 Å². The van der Waals surface area contributed by atoms with Crippen LogP contribution in [0.2, 0.25) is 0 Å². The number of aromatic nitrogens is 2. The summed E-state index contributed by atoms with van der Waals surface area (Å²) < 4.78 is 5.85. The minimum atomic E-state index is -0.218. The molecule has 0 saturated heterocycles. The Morgan fingerprint density at radius 1 is 1.25 bits per heavy atom. The summed E-state index contributed by atoms with van der Waals surface area (Å²) in [5.41, 5.74) is 1.43. The number of rotatable bonds is 7. The van der Waals surface area contributed by atoms with E-state index in [0.717, 1.165) is 37.0 Å². The quantitative estimate of drug-likeness (QED) is 0.675. The molecule has 1 fully saturated rings. The van der Waals surface area contributed by atoms with Gasteiger partial charge in [0.2, 0.25) is 5.95 Å². The molecule has 1 aromatic carbocycles. The molecule has 3 rings (SSSR count). The van der Waals surface area contributed by atoms with Crippen molar-refractivity contribution in [1.29, 1.82) is 5.26 Å². The van der Waals surface area contributed by atoms with E-state index < -0.39 is 0 Å². The first-order valence-electron chi connectivity index (χ1n) is 9.75. The van der Waals surface area contributed by atoms with E-state index in [0.29, 0.717) is 23.9 Å². The van der Waals surface area contributed by atoms with Gasteiger partial charge < -0.3 is 20.5 Å². The van der Waals surface area contributed by atoms with Crippen LogP contribution < -0.4 is 15.4 Å². The largest absolute Gasteiger partial charge is 0.491 e. The summed E-state index contributed by atoms with van der Waals surface area (Å²) in [6.45, 7) is 4.51. The summed E-state index contributed by atoms with van der Waals surface area (Å²) in [6.07, 6.45) is 4.66. The predicted octanol–water partition coefficient (Wildman–Crippen LogP) is 3.46. The number of benzene rings is 1. The van der Waals surface area contributed by atoms with Crippen LogP contribution in [0.1, 0.15) is 50.7 Å². The molecule has 0 aliphatic heterocycles. The second kappa shape index (κ2) is 9.38. The number of aliphatic hydroxyl groups excluding tert-OH is 1. The molecular formula is C21H27N5O2. The average molecular weight is 381 g/mol. The summed E-state index contributed by atoms with van der Waals surface area (Å²) in [7, 11) is 0. The summed E-state index contributed by atoms with van der Waals surface area (Å²) in [5, 5.41) is 25.6. The number of hydrogen-bond acceptors (Lipinski definition) is 7. The molecule has 1 saturated carbocycles. The Kier molecular flexibility index (Phi) is 6.66. The van der Waals surface area contributed by atoms with Gasteiger partial charge in [-0.15, -0.1) is 0 Å². The van der Waals surface area contributed by atoms with Gasteiger partial charge in [0.15, 0.2) is 0 Å². The fraction of sp³-hybridized carbons (Fsp3) is 0.476. The van der Waals surface area contributed by atoms with E-state index in [-0.39, 0.29) is 18.2 Å². The molecule has 3 N–H and O–H groups in total. The van der Waals surface area contributed by atoms with Crippen LogP contribution in [0.25, 0.3) is 0 Å². The van der Waals surface area contributed by atoms with E-state index in [1.165, 1.54) is 6.20 Å². The molecule has 1 aromatic heterocycles. The maximum absolute atomic E-state index is 9.67. The zero-order chi connectivity index (χ0) is 19.9. The van der Waals surface area contributed by atoms with Crippen LogP contribution in [0.4, 0.5) is 11.8 Å². The summed E-state index contributed by atoms with van der Waals surface area (Å²) in [6, 6.07) is 10.2. The molecule has 28 heavy (non-hydrogen) atoms. The molecule has 0 atom stereocenters. The van der Waals surface area contributed by atoms with Gasteiger partial charge in [0.05, 0.1) is 18.4 Å². The van der Waals surface area contributed by atoms with E-state index in [2.05, 4.69) is 26.7 Å². The second-order valence-electron chi connectivity index (χ2n) is 7.35. The lowest BCUT2D eigenvalue weighted by atomic mass is 9.93. The Bertz CT molecular complexity index is 826. The fourth-order valence-corrected chi connectivity index (χ4v) is 3.27. The minimum Gasteiger partial charge on any atom is -0.491 e. The summed E-state index contributed by atoms with van der Waals surface area (Å²) in [5.74, 6) is 1.82. The Balaban J connectivity index is 1.69. The van der Waals surface area contributed by atoms with Crippen LogP contribution in [0.3, 0.4) is 0 Å². The van der Waals surface area contributed by atoms with Crippen molar-refractivity contribution < 1.29 is 9.84 Å². The number of para-hydroxylation sites is 1. The Hall–Kier alpha value is -2.85. The van der Waals surface area contributed by atoms with Gasteiger partial charge in [-0.05, 0) is 45.6 Å². The molecular weight excluding hydrogens is 354 g/mol. The first-order valence-corrected chi connectivity index (χ1v) is 9.75. The maximum Gasteiger partial charge on any atom is 0.224 e. The lowest BCUT2D eigenvalue weighted by molar-refractivity contribution is 0.126. The van der Waals surface area contributed by atoms with E-state index in [9.17, 15) is 10.4 Å². The highest BCUT2D eigenvalue weighted by atomic mass is 16.5. The molecule has 148 valence electrons. The molecule has 0 radical (unpaired) electrons. The topological polar surface area (TPSA) is 103 Å². The number of nitrogens with one attached hydrogen (secondary N) is 2. The Morgan fingerprint density at radius 3 is 2.71 bits per heavy atom. The van der Waals surface area contributed by atoms with Crippen molar-refractivity contribution in [2.45, 2.75) is 64.3 Å². The lowest BCUT2D eigenvalue weighted by Gasteiger charge is -2.26. The molecule has 1 heterocycles. The molecule has 0 unspecified atom stereocenters. The van der Waals surface area contributed by atoms with E-state index in [1.54, 1.807) is 0 Å². The normalized spacial score (nSPS) is 19.1. The lowest BCUT2D eigenvalue weighted by Crippen LogP contribution is -2.29. The second-order valence-corrected chi connectivity index (χ2v) is 7.35. The van der Waals surface area contributed by atoms with Crippen LogP contribution in [0.5, 0.6) is 5.75 Å². The van der Waals surface area contributed by atoms with Crippen LogP contribution in [0, 0.1) is 11.3 Å². The molecule has 0 amide bonds. The number of aliphatic hydroxyl groups is 1.